The molecule has 4 heterocycles. The molecule has 4 rings (SSSR count). The predicted molar refractivity (Wildman–Crippen MR) is 359 cm³/mol. The molecule has 0 unspecified atom stereocenters. The molecule has 38 nitrogen and oxygen atoms in total. The molecule has 104 heavy (non-hydrogen) atoms. The van der Waals surface area contributed by atoms with Crippen molar-refractivity contribution in [2.45, 2.75) is 154 Å². The predicted octanol–water partition coefficient (Wildman–Crippen LogP) is -0.0217. The summed E-state index contributed by atoms with van der Waals surface area (Å²) in [5, 5.41) is 18.8. The van der Waals surface area contributed by atoms with E-state index in [0.717, 1.165) is 14.2 Å². The summed E-state index contributed by atoms with van der Waals surface area (Å²) in [6.07, 6.45) is -3.50. The number of cyclic esters (lactones) is 4. The van der Waals surface area contributed by atoms with Crippen LogP contribution in [0.25, 0.3) is 0 Å². The number of carbonyl (C=O) groups is 11. The van der Waals surface area contributed by atoms with Crippen molar-refractivity contribution >= 4 is 71.8 Å². The zero-order valence-electron chi connectivity index (χ0n) is 60.7. The van der Waals surface area contributed by atoms with E-state index in [1.54, 1.807) is 41.5 Å². The van der Waals surface area contributed by atoms with Crippen LogP contribution in [0.1, 0.15) is 81.6 Å². The third-order valence-corrected chi connectivity index (χ3v) is 14.3. The fourth-order valence-electron chi connectivity index (χ4n) is 9.96. The van der Waals surface area contributed by atoms with Crippen LogP contribution in [0.2, 0.25) is 0 Å². The summed E-state index contributed by atoms with van der Waals surface area (Å²) in [5.74, 6) is -2.99. The van der Waals surface area contributed by atoms with Gasteiger partial charge in [0.2, 0.25) is 41.1 Å². The topological polar surface area (TPSA) is 454 Å². The summed E-state index contributed by atoms with van der Waals surface area (Å²) >= 11 is 0. The summed E-state index contributed by atoms with van der Waals surface area (Å²) < 4.78 is 99.1. The number of nitrogens with zero attached hydrogens (tertiary/aromatic N) is 2. The fraction of sp³-hybridized carbons (Fsp3) is 0.697. The van der Waals surface area contributed by atoms with Gasteiger partial charge < -0.3 is 117 Å². The Morgan fingerprint density at radius 2 is 1.04 bits per heavy atom. The number of amidine groups is 1. The molecule has 38 heteroatoms. The molecule has 4 aliphatic rings. The number of aliphatic imine (C=N–C) groups is 1. The Labute approximate surface area is 603 Å². The monoisotopic (exact) mass is 1480 g/mol. The van der Waals surface area contributed by atoms with Crippen molar-refractivity contribution in [2.24, 2.45) is 4.99 Å². The molecule has 7 amide bonds. The molecular formula is C66H101N9O29. The second-order valence-electron chi connectivity index (χ2n) is 25.1. The van der Waals surface area contributed by atoms with Gasteiger partial charge in [-0.25, -0.2) is 28.8 Å². The summed E-state index contributed by atoms with van der Waals surface area (Å²) in [5.41, 5.74) is -1.72. The Kier molecular flexibility index (Phi) is 38.5. The quantitative estimate of drug-likeness (QED) is 0.0105. The molecule has 0 bridgehead atoms. The number of alkyl carbamates (subject to hydrolysis) is 2. The van der Waals surface area contributed by atoms with Crippen molar-refractivity contribution in [3.63, 3.8) is 0 Å². The first kappa shape index (κ1) is 87.3. The number of amides is 7. The van der Waals surface area contributed by atoms with E-state index >= 15 is 0 Å². The SMILES string of the molecule is C#CCOCCOCCOCCOCCC(=O)N(CCOCCCNC(=O)CO[C@@H]([C@@H]1OC(C(=O)OC)=C[C@H](N=C(C)NC(=O)OC(C)(C)C)[C@H]1NC(C)=O)[C@H]1COC(=O)O1)CCOCCCNC(=O)CO[C@@H]([C@@H]1OC(C(=O)OC)=C[C@H](NC(=C)NC(=O)OC(C)(C)C)[C@H]1NC(C)=O)[C@H]1COC(=O)O1. The standard InChI is InChI=1S/C66H101N9O29/c1-14-22-89-28-30-93-32-33-94-31-29-92-25-17-52(80)75(20-26-90-23-15-18-67-50(78)38-95-55(48-36-97-63(85)101-48)57-53(73-42(4)76)44(34-46(99-57)59(81)87-12)69-40(2)71-61(83)103-65(6,7)8)21-27-91-24-16-19-68-51(79)39-96-56(49-37-98-64(86)102-49)58-54(74-43(5)77)45(35-47(100-58)60(82)88-13)70-41(3)72-62(84)104-66(9,10)11/h1,34-35,44-45,48-49,53-58,69H,2,15-33,36-39H2,3-13H3,(H,67,78)(H,68,79)(H,71,83)(H,73,76)(H,74,77)(H,70,72,84)/t44-,45-,48+,49+,53+,54+,55+,56+,57+,58+/m0/s1. The molecule has 0 radical (unpaired) electrons. The highest BCUT2D eigenvalue weighted by Crippen LogP contribution is 2.31. The lowest BCUT2D eigenvalue weighted by molar-refractivity contribution is -0.155. The van der Waals surface area contributed by atoms with Crippen LogP contribution in [0.3, 0.4) is 0 Å². The van der Waals surface area contributed by atoms with Crippen LogP contribution in [-0.4, -0.2) is 295 Å². The van der Waals surface area contributed by atoms with Gasteiger partial charge in [-0.2, -0.15) is 0 Å². The minimum Gasteiger partial charge on any atom is -0.478 e. The largest absolute Gasteiger partial charge is 0.508 e. The zero-order chi connectivity index (χ0) is 76.8. The third-order valence-electron chi connectivity index (χ3n) is 14.3. The number of nitrogens with one attached hydrogen (secondary N) is 7. The number of carbonyl (C=O) groups excluding carboxylic acids is 11. The van der Waals surface area contributed by atoms with Gasteiger partial charge in [0.25, 0.3) is 0 Å². The van der Waals surface area contributed by atoms with Gasteiger partial charge in [0.05, 0.1) is 104 Å². The lowest BCUT2D eigenvalue weighted by atomic mass is 9.91. The van der Waals surface area contributed by atoms with Crippen molar-refractivity contribution in [1.82, 2.24) is 42.1 Å². The maximum absolute atomic E-state index is 13.6. The van der Waals surface area contributed by atoms with Crippen LogP contribution >= 0.6 is 0 Å². The van der Waals surface area contributed by atoms with Gasteiger partial charge in [-0.15, -0.1) is 6.42 Å². The maximum Gasteiger partial charge on any atom is 0.508 e. The van der Waals surface area contributed by atoms with Crippen molar-refractivity contribution < 1.29 is 138 Å². The highest BCUT2D eigenvalue weighted by molar-refractivity contribution is 5.94. The van der Waals surface area contributed by atoms with Crippen LogP contribution in [0.15, 0.2) is 41.1 Å². The van der Waals surface area contributed by atoms with Crippen molar-refractivity contribution in [2.75, 3.05) is 146 Å². The van der Waals surface area contributed by atoms with Crippen LogP contribution < -0.4 is 37.2 Å². The molecule has 0 aliphatic carbocycles. The summed E-state index contributed by atoms with van der Waals surface area (Å²) in [7, 11) is 2.21. The average molecular weight is 1480 g/mol. The Hall–Kier alpha value is -9.10. The second-order valence-corrected chi connectivity index (χ2v) is 25.1. The van der Waals surface area contributed by atoms with E-state index in [1.807, 2.05) is 0 Å². The highest BCUT2D eigenvalue weighted by Gasteiger charge is 2.51. The van der Waals surface area contributed by atoms with E-state index in [-0.39, 0.29) is 128 Å². The lowest BCUT2D eigenvalue weighted by Gasteiger charge is -2.41. The van der Waals surface area contributed by atoms with Crippen LogP contribution in [-0.2, 0) is 119 Å². The van der Waals surface area contributed by atoms with Gasteiger partial charge in [0, 0.05) is 53.2 Å². The molecule has 2 fully saturated rings. The molecule has 584 valence electrons. The van der Waals surface area contributed by atoms with Crippen LogP contribution in [0, 0.1) is 12.3 Å². The van der Waals surface area contributed by atoms with E-state index in [0.29, 0.717) is 39.3 Å². The molecular weight excluding hydrogens is 1380 g/mol. The molecule has 7 N–H and O–H groups in total. The van der Waals surface area contributed by atoms with E-state index in [9.17, 15) is 52.7 Å². The fourth-order valence-corrected chi connectivity index (χ4v) is 9.96. The second kappa shape index (κ2) is 45.9. The first-order chi connectivity index (χ1) is 49.4. The van der Waals surface area contributed by atoms with Gasteiger partial charge in [0.1, 0.15) is 68.1 Å². The summed E-state index contributed by atoms with van der Waals surface area (Å²) in [4.78, 5) is 147. The van der Waals surface area contributed by atoms with E-state index < -0.39 is 145 Å². The molecule has 0 aromatic heterocycles. The highest BCUT2D eigenvalue weighted by atomic mass is 16.8. The molecule has 0 saturated carbocycles. The first-order valence-corrected chi connectivity index (χ1v) is 33.5. The molecule has 0 aromatic rings. The molecule has 0 aromatic carbocycles. The van der Waals surface area contributed by atoms with Gasteiger partial charge >= 0.3 is 36.4 Å². The molecule has 2 saturated heterocycles. The van der Waals surface area contributed by atoms with Crippen LogP contribution in [0.4, 0.5) is 19.2 Å². The normalized spacial score (nSPS) is 20.5. The number of hydrogen-bond donors (Lipinski definition) is 7. The maximum atomic E-state index is 13.6. The van der Waals surface area contributed by atoms with Crippen molar-refractivity contribution in [1.29, 1.82) is 0 Å². The minimum atomic E-state index is -1.39. The Balaban J connectivity index is 1.33. The number of terminal acetylenes is 1. The molecule has 4 aliphatic heterocycles. The number of ether oxygens (including phenoxy) is 18. The third kappa shape index (κ3) is 34.0. The summed E-state index contributed by atoms with van der Waals surface area (Å²) in [6.45, 7) is 18.6. The van der Waals surface area contributed by atoms with E-state index in [1.165, 1.54) is 37.8 Å². The Morgan fingerprint density at radius 3 is 1.49 bits per heavy atom. The lowest BCUT2D eigenvalue weighted by Crippen LogP contribution is -2.64. The van der Waals surface area contributed by atoms with Crippen LogP contribution in [0.5, 0.6) is 0 Å². The van der Waals surface area contributed by atoms with E-state index in [4.69, 9.17) is 91.7 Å². The van der Waals surface area contributed by atoms with Gasteiger partial charge in [0.15, 0.2) is 24.4 Å². The smallest absolute Gasteiger partial charge is 0.478 e. The Morgan fingerprint density at radius 1 is 0.596 bits per heavy atom. The zero-order valence-corrected chi connectivity index (χ0v) is 60.7. The first-order valence-electron chi connectivity index (χ1n) is 33.5. The minimum absolute atomic E-state index is 0.00694. The number of esters is 2. The number of rotatable bonds is 45. The number of methoxy groups -OCH3 is 2. The van der Waals surface area contributed by atoms with Gasteiger partial charge in [-0.05, 0) is 73.5 Å². The Bertz CT molecular complexity index is 3000. The van der Waals surface area contributed by atoms with Crippen molar-refractivity contribution in [3.8, 4) is 12.3 Å². The number of hydrogen-bond acceptors (Lipinski definition) is 31. The van der Waals surface area contributed by atoms with Crippen molar-refractivity contribution in [3.05, 3.63) is 36.1 Å². The van der Waals surface area contributed by atoms with Gasteiger partial charge in [-0.1, -0.05) is 12.5 Å². The summed E-state index contributed by atoms with van der Waals surface area (Å²) in [6, 6.07) is -4.55. The molecule has 0 spiro atoms. The van der Waals surface area contributed by atoms with Gasteiger partial charge in [-0.3, -0.25) is 39.6 Å². The average Bonchev–Trinajstić information content (AvgIpc) is 1.41. The van der Waals surface area contributed by atoms with E-state index in [2.05, 4.69) is 54.7 Å². The molecule has 10 atom stereocenters.